The second-order valence-electron chi connectivity index (χ2n) is 4.34. The molecule has 1 rings (SSSR count). The average Bonchev–Trinajstić information content (AvgIpc) is 2.15. The van der Waals surface area contributed by atoms with Crippen LogP contribution in [0.5, 0.6) is 0 Å². The van der Waals surface area contributed by atoms with Gasteiger partial charge in [-0.15, -0.1) is 6.42 Å². The number of amides is 1. The topological polar surface area (TPSA) is 49.8 Å². The largest absolute Gasteiger partial charge is 0.394 e. The molecule has 84 valence electrons. The van der Waals surface area contributed by atoms with Crippen LogP contribution in [0.2, 0.25) is 0 Å². The maximum Gasteiger partial charge on any atom is 0.234 e. The van der Waals surface area contributed by atoms with Crippen molar-refractivity contribution in [3.05, 3.63) is 0 Å². The zero-order valence-electron chi connectivity index (χ0n) is 9.19. The van der Waals surface area contributed by atoms with Gasteiger partial charge in [-0.2, -0.15) is 0 Å². The summed E-state index contributed by atoms with van der Waals surface area (Å²) in [5, 5.41) is 9.05. The third kappa shape index (κ3) is 3.22. The highest BCUT2D eigenvalue weighted by atomic mass is 16.5. The summed E-state index contributed by atoms with van der Waals surface area (Å²) in [5.41, 5.74) is -0.421. The Morgan fingerprint density at radius 2 is 2.40 bits per heavy atom. The van der Waals surface area contributed by atoms with E-state index < -0.39 is 5.60 Å². The van der Waals surface area contributed by atoms with Crippen molar-refractivity contribution < 1.29 is 14.6 Å². The molecule has 1 atom stereocenters. The maximum atomic E-state index is 11.6. The number of morpholine rings is 1. The van der Waals surface area contributed by atoms with Gasteiger partial charge in [-0.3, -0.25) is 4.79 Å². The molecule has 0 aromatic carbocycles. The van der Waals surface area contributed by atoms with Gasteiger partial charge < -0.3 is 14.7 Å². The number of carbonyl (C=O) groups is 1. The lowest BCUT2D eigenvalue weighted by Gasteiger charge is -2.42. The van der Waals surface area contributed by atoms with Crippen LogP contribution < -0.4 is 0 Å². The monoisotopic (exact) mass is 211 g/mol. The third-order valence-electron chi connectivity index (χ3n) is 2.29. The summed E-state index contributed by atoms with van der Waals surface area (Å²) in [7, 11) is 0. The molecule has 1 heterocycles. The number of rotatable bonds is 2. The number of ether oxygens (including phenoxy) is 1. The lowest BCUT2D eigenvalue weighted by Crippen LogP contribution is -2.55. The normalized spacial score (nSPS) is 24.7. The third-order valence-corrected chi connectivity index (χ3v) is 2.29. The summed E-state index contributed by atoms with van der Waals surface area (Å²) in [6, 6.07) is 0. The molecule has 0 spiro atoms. The van der Waals surface area contributed by atoms with Gasteiger partial charge in [0.1, 0.15) is 0 Å². The Hall–Kier alpha value is -1.05. The SMILES string of the molecule is C#CCC(=O)N1CC(CO)OC(C)(C)C1. The first-order valence-corrected chi connectivity index (χ1v) is 4.98. The Morgan fingerprint density at radius 3 is 2.93 bits per heavy atom. The van der Waals surface area contributed by atoms with E-state index in [2.05, 4.69) is 5.92 Å². The summed E-state index contributed by atoms with van der Waals surface area (Å²) in [6.07, 6.45) is 4.89. The van der Waals surface area contributed by atoms with Crippen LogP contribution in [-0.2, 0) is 9.53 Å². The summed E-state index contributed by atoms with van der Waals surface area (Å²) < 4.78 is 5.59. The van der Waals surface area contributed by atoms with E-state index >= 15 is 0 Å². The highest BCUT2D eigenvalue weighted by Gasteiger charge is 2.34. The van der Waals surface area contributed by atoms with Crippen LogP contribution in [0, 0.1) is 12.3 Å². The number of hydrogen-bond donors (Lipinski definition) is 1. The van der Waals surface area contributed by atoms with Crippen molar-refractivity contribution in [2.75, 3.05) is 19.7 Å². The molecule has 0 saturated carbocycles. The van der Waals surface area contributed by atoms with Crippen molar-refractivity contribution in [3.8, 4) is 12.3 Å². The molecule has 0 aromatic rings. The Bertz CT molecular complexity index is 280. The van der Waals surface area contributed by atoms with E-state index in [-0.39, 0.29) is 25.0 Å². The maximum absolute atomic E-state index is 11.6. The van der Waals surface area contributed by atoms with Gasteiger partial charge in [0.05, 0.1) is 24.7 Å². The van der Waals surface area contributed by atoms with E-state index in [0.717, 1.165) is 0 Å². The quantitative estimate of drug-likeness (QED) is 0.654. The lowest BCUT2D eigenvalue weighted by atomic mass is 10.0. The van der Waals surface area contributed by atoms with Gasteiger partial charge >= 0.3 is 0 Å². The van der Waals surface area contributed by atoms with E-state index in [9.17, 15) is 4.79 Å². The predicted molar refractivity (Wildman–Crippen MR) is 56.1 cm³/mol. The fraction of sp³-hybridized carbons (Fsp3) is 0.727. The molecular formula is C11H17NO3. The molecule has 4 heteroatoms. The van der Waals surface area contributed by atoms with Crippen molar-refractivity contribution >= 4 is 5.91 Å². The van der Waals surface area contributed by atoms with Crippen LogP contribution in [0.3, 0.4) is 0 Å². The van der Waals surface area contributed by atoms with Gasteiger partial charge in [0.2, 0.25) is 5.91 Å². The molecule has 1 unspecified atom stereocenters. The first-order chi connectivity index (χ1) is 6.98. The number of nitrogens with zero attached hydrogens (tertiary/aromatic N) is 1. The Balaban J connectivity index is 2.66. The standard InChI is InChI=1S/C11H17NO3/c1-4-5-10(14)12-6-9(7-13)15-11(2,3)8-12/h1,9,13H,5-8H2,2-3H3. The molecule has 1 aliphatic rings. The van der Waals surface area contributed by atoms with E-state index in [4.69, 9.17) is 16.3 Å². The summed E-state index contributed by atoms with van der Waals surface area (Å²) in [6.45, 7) is 4.64. The fourth-order valence-electron chi connectivity index (χ4n) is 1.78. The highest BCUT2D eigenvalue weighted by Crippen LogP contribution is 2.21. The van der Waals surface area contributed by atoms with E-state index in [1.807, 2.05) is 13.8 Å². The number of terminal acetylenes is 1. The minimum Gasteiger partial charge on any atom is -0.394 e. The first-order valence-electron chi connectivity index (χ1n) is 4.98. The van der Waals surface area contributed by atoms with E-state index in [1.165, 1.54) is 0 Å². The summed E-state index contributed by atoms with van der Waals surface area (Å²) in [4.78, 5) is 13.3. The molecule has 1 N–H and O–H groups in total. The van der Waals surface area contributed by atoms with Crippen molar-refractivity contribution in [3.63, 3.8) is 0 Å². The fourth-order valence-corrected chi connectivity index (χ4v) is 1.78. The summed E-state index contributed by atoms with van der Waals surface area (Å²) >= 11 is 0. The molecular weight excluding hydrogens is 194 g/mol. The second kappa shape index (κ2) is 4.65. The molecule has 1 saturated heterocycles. The molecule has 0 aromatic heterocycles. The van der Waals surface area contributed by atoms with Crippen molar-refractivity contribution in [1.29, 1.82) is 0 Å². The van der Waals surface area contributed by atoms with Crippen LogP contribution >= 0.6 is 0 Å². The zero-order valence-corrected chi connectivity index (χ0v) is 9.19. The molecule has 0 radical (unpaired) electrons. The summed E-state index contributed by atoms with van der Waals surface area (Å²) in [5.74, 6) is 2.25. The Morgan fingerprint density at radius 1 is 1.73 bits per heavy atom. The average molecular weight is 211 g/mol. The molecule has 0 bridgehead atoms. The molecule has 0 aliphatic carbocycles. The minimum absolute atomic E-state index is 0.0766. The molecule has 1 aliphatic heterocycles. The first kappa shape index (κ1) is 12.0. The van der Waals surface area contributed by atoms with Gasteiger partial charge in [-0.25, -0.2) is 0 Å². The molecule has 4 nitrogen and oxygen atoms in total. The minimum atomic E-state index is -0.421. The number of aliphatic hydroxyl groups is 1. The second-order valence-corrected chi connectivity index (χ2v) is 4.34. The number of aliphatic hydroxyl groups excluding tert-OH is 1. The predicted octanol–water partition coefficient (Wildman–Crippen LogP) is 0.00800. The molecule has 1 amide bonds. The van der Waals surface area contributed by atoms with Crippen LogP contribution in [0.25, 0.3) is 0 Å². The van der Waals surface area contributed by atoms with Crippen LogP contribution in [0.1, 0.15) is 20.3 Å². The van der Waals surface area contributed by atoms with Gasteiger partial charge in [0.25, 0.3) is 0 Å². The number of carbonyl (C=O) groups excluding carboxylic acids is 1. The van der Waals surface area contributed by atoms with Crippen LogP contribution in [-0.4, -0.2) is 47.3 Å². The number of hydrogen-bond acceptors (Lipinski definition) is 3. The Kier molecular flexibility index (Phi) is 3.72. The van der Waals surface area contributed by atoms with Crippen molar-refractivity contribution in [1.82, 2.24) is 4.90 Å². The van der Waals surface area contributed by atoms with Gasteiger partial charge in [0.15, 0.2) is 0 Å². The Labute approximate surface area is 90.2 Å². The van der Waals surface area contributed by atoms with Gasteiger partial charge in [-0.1, -0.05) is 5.92 Å². The van der Waals surface area contributed by atoms with Gasteiger partial charge in [0, 0.05) is 13.1 Å². The van der Waals surface area contributed by atoms with Crippen molar-refractivity contribution in [2.24, 2.45) is 0 Å². The lowest BCUT2D eigenvalue weighted by molar-refractivity contribution is -0.166. The van der Waals surface area contributed by atoms with Crippen molar-refractivity contribution in [2.45, 2.75) is 32.0 Å². The van der Waals surface area contributed by atoms with Gasteiger partial charge in [-0.05, 0) is 13.8 Å². The van der Waals surface area contributed by atoms with Crippen LogP contribution in [0.15, 0.2) is 0 Å². The van der Waals surface area contributed by atoms with E-state index in [1.54, 1.807) is 4.90 Å². The highest BCUT2D eigenvalue weighted by molar-refractivity contribution is 5.78. The molecule has 1 fully saturated rings. The smallest absolute Gasteiger partial charge is 0.234 e. The van der Waals surface area contributed by atoms with Crippen LogP contribution in [0.4, 0.5) is 0 Å². The zero-order chi connectivity index (χ0) is 11.5. The van der Waals surface area contributed by atoms with E-state index in [0.29, 0.717) is 13.1 Å². The molecule has 15 heavy (non-hydrogen) atoms.